The molecule has 3 N–H and O–H groups in total. The van der Waals surface area contributed by atoms with Crippen molar-refractivity contribution in [3.05, 3.63) is 0 Å². The van der Waals surface area contributed by atoms with Gasteiger partial charge in [0, 0.05) is 26.9 Å². The zero-order valence-electron chi connectivity index (χ0n) is 7.26. The Morgan fingerprint density at radius 3 is 1.75 bits per heavy atom. The molecule has 0 aromatic carbocycles. The van der Waals surface area contributed by atoms with Crippen LogP contribution < -0.4 is 10.6 Å². The van der Waals surface area contributed by atoms with Crippen molar-refractivity contribution in [2.45, 2.75) is 20.0 Å². The Kier molecular flexibility index (Phi) is 5.03. The fourth-order valence-electron chi connectivity index (χ4n) is 0.595. The first-order valence-corrected chi connectivity index (χ1v) is 3.69. The number of aliphatic hydroxyl groups excluding tert-OH is 1. The van der Waals surface area contributed by atoms with Crippen LogP contribution in [0.4, 0.5) is 0 Å². The number of carbonyl (C=O) groups is 2. The number of rotatable bonds is 4. The molecule has 70 valence electrons. The molecule has 0 aliphatic rings. The van der Waals surface area contributed by atoms with Crippen LogP contribution >= 0.6 is 0 Å². The minimum absolute atomic E-state index is 0.162. The van der Waals surface area contributed by atoms with Gasteiger partial charge in [0.1, 0.15) is 0 Å². The fraction of sp³-hybridized carbons (Fsp3) is 0.714. The molecule has 0 aliphatic carbocycles. The van der Waals surface area contributed by atoms with E-state index in [1.165, 1.54) is 13.8 Å². The molecule has 12 heavy (non-hydrogen) atoms. The molecule has 0 aliphatic heterocycles. The Hall–Kier alpha value is -1.10. The lowest BCUT2D eigenvalue weighted by atomic mass is 10.3. The largest absolute Gasteiger partial charge is 0.389 e. The van der Waals surface area contributed by atoms with Gasteiger partial charge in [-0.3, -0.25) is 9.59 Å². The van der Waals surface area contributed by atoms with Gasteiger partial charge in [0.05, 0.1) is 6.10 Å². The molecule has 0 aromatic heterocycles. The fourth-order valence-corrected chi connectivity index (χ4v) is 0.595. The summed E-state index contributed by atoms with van der Waals surface area (Å²) in [5.41, 5.74) is 0. The van der Waals surface area contributed by atoms with Crippen molar-refractivity contribution in [3.63, 3.8) is 0 Å². The summed E-state index contributed by atoms with van der Waals surface area (Å²) in [6.45, 7) is 3.06. The van der Waals surface area contributed by atoms with E-state index < -0.39 is 6.10 Å². The van der Waals surface area contributed by atoms with Crippen LogP contribution in [-0.2, 0) is 9.59 Å². The van der Waals surface area contributed by atoms with Gasteiger partial charge in [0.15, 0.2) is 0 Å². The lowest BCUT2D eigenvalue weighted by Gasteiger charge is -2.10. The van der Waals surface area contributed by atoms with Crippen molar-refractivity contribution in [1.29, 1.82) is 0 Å². The second-order valence-corrected chi connectivity index (χ2v) is 2.53. The molecule has 0 saturated carbocycles. The van der Waals surface area contributed by atoms with Crippen molar-refractivity contribution < 1.29 is 14.7 Å². The second kappa shape index (κ2) is 5.54. The van der Waals surface area contributed by atoms with E-state index in [1.807, 2.05) is 0 Å². The maximum absolute atomic E-state index is 10.4. The number of carbonyl (C=O) groups excluding carboxylic acids is 2. The maximum atomic E-state index is 10.4. The molecule has 0 fully saturated rings. The topological polar surface area (TPSA) is 78.4 Å². The highest BCUT2D eigenvalue weighted by molar-refractivity contribution is 5.73. The predicted molar refractivity (Wildman–Crippen MR) is 43.4 cm³/mol. The summed E-state index contributed by atoms with van der Waals surface area (Å²) in [5.74, 6) is -0.395. The summed E-state index contributed by atoms with van der Waals surface area (Å²) in [6, 6.07) is 0. The Bertz CT molecular complexity index is 152. The summed E-state index contributed by atoms with van der Waals surface area (Å²) in [7, 11) is 0. The van der Waals surface area contributed by atoms with Crippen LogP contribution in [0.25, 0.3) is 0 Å². The molecule has 0 rings (SSSR count). The molecule has 0 aromatic rings. The minimum Gasteiger partial charge on any atom is -0.389 e. The van der Waals surface area contributed by atoms with Gasteiger partial charge in [-0.1, -0.05) is 0 Å². The Labute approximate surface area is 71.1 Å². The first-order valence-electron chi connectivity index (χ1n) is 3.69. The summed E-state index contributed by atoms with van der Waals surface area (Å²) in [6.07, 6.45) is -0.724. The smallest absolute Gasteiger partial charge is 0.216 e. The molecule has 0 bridgehead atoms. The highest BCUT2D eigenvalue weighted by Gasteiger charge is 2.04. The van der Waals surface area contributed by atoms with Crippen molar-refractivity contribution in [3.8, 4) is 0 Å². The van der Waals surface area contributed by atoms with E-state index >= 15 is 0 Å². The van der Waals surface area contributed by atoms with Gasteiger partial charge in [-0.15, -0.1) is 0 Å². The first-order chi connectivity index (χ1) is 5.52. The standard InChI is InChI=1S/C7H14N2O3/c1-5(10)8-3-7(12)4-9-6(2)11/h7,12H,3-4H2,1-2H3,(H,8,10)(H,9,11). The summed E-state index contributed by atoms with van der Waals surface area (Å²) in [4.78, 5) is 20.8. The van der Waals surface area contributed by atoms with Crippen LogP contribution in [0.1, 0.15) is 13.8 Å². The molecule has 0 heterocycles. The summed E-state index contributed by atoms with van der Waals surface area (Å²) in [5, 5.41) is 14.0. The molecule has 5 heteroatoms. The van der Waals surface area contributed by atoms with E-state index in [4.69, 9.17) is 5.11 Å². The quantitative estimate of drug-likeness (QED) is 0.491. The van der Waals surface area contributed by atoms with Gasteiger partial charge >= 0.3 is 0 Å². The van der Waals surface area contributed by atoms with E-state index in [0.29, 0.717) is 0 Å². The van der Waals surface area contributed by atoms with Crippen molar-refractivity contribution in [2.24, 2.45) is 0 Å². The van der Waals surface area contributed by atoms with Crippen LogP contribution in [0.5, 0.6) is 0 Å². The third-order valence-corrected chi connectivity index (χ3v) is 1.17. The van der Waals surface area contributed by atoms with Gasteiger partial charge in [0.25, 0.3) is 0 Å². The highest BCUT2D eigenvalue weighted by atomic mass is 16.3. The number of hydrogen-bond acceptors (Lipinski definition) is 3. The lowest BCUT2D eigenvalue weighted by Crippen LogP contribution is -2.38. The predicted octanol–water partition coefficient (Wildman–Crippen LogP) is -1.38. The highest BCUT2D eigenvalue weighted by Crippen LogP contribution is 1.77. The van der Waals surface area contributed by atoms with Crippen LogP contribution in [0.2, 0.25) is 0 Å². The lowest BCUT2D eigenvalue weighted by molar-refractivity contribution is -0.119. The third kappa shape index (κ3) is 7.01. The normalized spacial score (nSPS) is 9.67. The zero-order chi connectivity index (χ0) is 9.56. The number of nitrogens with one attached hydrogen (secondary N) is 2. The maximum Gasteiger partial charge on any atom is 0.216 e. The molecule has 0 radical (unpaired) electrons. The van der Waals surface area contributed by atoms with Crippen LogP contribution in [0.15, 0.2) is 0 Å². The monoisotopic (exact) mass is 174 g/mol. The SMILES string of the molecule is CC(=O)NCC(O)CNC(C)=O. The van der Waals surface area contributed by atoms with Crippen LogP contribution in [-0.4, -0.2) is 36.1 Å². The summed E-state index contributed by atoms with van der Waals surface area (Å²) >= 11 is 0. The average molecular weight is 174 g/mol. The molecular weight excluding hydrogens is 160 g/mol. The Morgan fingerprint density at radius 1 is 1.17 bits per heavy atom. The molecule has 5 nitrogen and oxygen atoms in total. The molecule has 0 saturated heterocycles. The van der Waals surface area contributed by atoms with Gasteiger partial charge in [0.2, 0.25) is 11.8 Å². The van der Waals surface area contributed by atoms with Gasteiger partial charge in [-0.05, 0) is 0 Å². The van der Waals surface area contributed by atoms with E-state index in [2.05, 4.69) is 10.6 Å². The number of aliphatic hydroxyl groups is 1. The summed E-state index contributed by atoms with van der Waals surface area (Å²) < 4.78 is 0. The Balaban J connectivity index is 3.39. The molecule has 0 atom stereocenters. The second-order valence-electron chi connectivity index (χ2n) is 2.53. The molecule has 0 spiro atoms. The van der Waals surface area contributed by atoms with E-state index in [9.17, 15) is 9.59 Å². The Morgan fingerprint density at radius 2 is 1.50 bits per heavy atom. The van der Waals surface area contributed by atoms with Crippen molar-refractivity contribution in [1.82, 2.24) is 10.6 Å². The van der Waals surface area contributed by atoms with Crippen molar-refractivity contribution >= 4 is 11.8 Å². The average Bonchev–Trinajstić information content (AvgIpc) is 1.96. The van der Waals surface area contributed by atoms with Gasteiger partial charge in [-0.25, -0.2) is 0 Å². The third-order valence-electron chi connectivity index (χ3n) is 1.17. The molecule has 0 unspecified atom stereocenters. The van der Waals surface area contributed by atoms with Gasteiger partial charge in [-0.2, -0.15) is 0 Å². The van der Waals surface area contributed by atoms with Crippen LogP contribution in [0, 0.1) is 0 Å². The first kappa shape index (κ1) is 10.9. The number of hydrogen-bond donors (Lipinski definition) is 3. The molecular formula is C7H14N2O3. The number of amides is 2. The van der Waals surface area contributed by atoms with Crippen molar-refractivity contribution in [2.75, 3.05) is 13.1 Å². The van der Waals surface area contributed by atoms with Gasteiger partial charge < -0.3 is 15.7 Å². The zero-order valence-corrected chi connectivity index (χ0v) is 7.26. The van der Waals surface area contributed by atoms with E-state index in [0.717, 1.165) is 0 Å². The van der Waals surface area contributed by atoms with E-state index in [-0.39, 0.29) is 24.9 Å². The molecule has 2 amide bonds. The van der Waals surface area contributed by atoms with E-state index in [1.54, 1.807) is 0 Å². The minimum atomic E-state index is -0.724. The van der Waals surface area contributed by atoms with Crippen LogP contribution in [0.3, 0.4) is 0 Å².